The lowest BCUT2D eigenvalue weighted by molar-refractivity contribution is 0.102. The van der Waals surface area contributed by atoms with Crippen molar-refractivity contribution in [3.63, 3.8) is 0 Å². The second kappa shape index (κ2) is 4.32. The summed E-state index contributed by atoms with van der Waals surface area (Å²) in [7, 11) is 0. The van der Waals surface area contributed by atoms with Gasteiger partial charge in [0.15, 0.2) is 0 Å². The summed E-state index contributed by atoms with van der Waals surface area (Å²) in [5.41, 5.74) is -0.0826. The average Bonchev–Trinajstić information content (AvgIpc) is 2.70. The van der Waals surface area contributed by atoms with Gasteiger partial charge in [-0.25, -0.2) is 9.37 Å². The molecule has 1 aromatic heterocycles. The highest BCUT2D eigenvalue weighted by molar-refractivity contribution is 6.30. The first kappa shape index (κ1) is 10.6. The Hall–Kier alpha value is -1.88. The zero-order valence-electron chi connectivity index (χ0n) is 8.00. The minimum atomic E-state index is -0.670. The Balaban J connectivity index is 2.21. The molecule has 1 aromatic carbocycles. The van der Waals surface area contributed by atoms with E-state index in [0.717, 1.165) is 6.07 Å². The Labute approximate surface area is 95.5 Å². The molecule has 4 nitrogen and oxygen atoms in total. The molecule has 0 aliphatic heterocycles. The SMILES string of the molecule is O=C(Nc1ncc[nH]1)c1ccc(Cl)cc1F. The number of aromatic amines is 1. The molecule has 0 spiro atoms. The van der Waals surface area contributed by atoms with Crippen molar-refractivity contribution >= 4 is 23.5 Å². The molecule has 0 fully saturated rings. The third-order valence-electron chi connectivity index (χ3n) is 1.91. The van der Waals surface area contributed by atoms with Crippen molar-refractivity contribution in [2.24, 2.45) is 0 Å². The molecule has 1 heterocycles. The van der Waals surface area contributed by atoms with Crippen molar-refractivity contribution in [2.45, 2.75) is 0 Å². The molecular formula is C10H7ClFN3O. The smallest absolute Gasteiger partial charge is 0.260 e. The highest BCUT2D eigenvalue weighted by atomic mass is 35.5. The molecule has 0 atom stereocenters. The van der Waals surface area contributed by atoms with E-state index in [-0.39, 0.29) is 16.5 Å². The highest BCUT2D eigenvalue weighted by Gasteiger charge is 2.12. The van der Waals surface area contributed by atoms with Gasteiger partial charge in [-0.15, -0.1) is 0 Å². The molecule has 82 valence electrons. The van der Waals surface area contributed by atoms with Crippen LogP contribution in [0, 0.1) is 5.82 Å². The van der Waals surface area contributed by atoms with Crippen LogP contribution >= 0.6 is 11.6 Å². The van der Waals surface area contributed by atoms with Crippen molar-refractivity contribution in [3.8, 4) is 0 Å². The number of hydrogen-bond donors (Lipinski definition) is 2. The van der Waals surface area contributed by atoms with Gasteiger partial charge < -0.3 is 4.98 Å². The predicted molar refractivity (Wildman–Crippen MR) is 58.0 cm³/mol. The number of nitrogens with zero attached hydrogens (tertiary/aromatic N) is 1. The van der Waals surface area contributed by atoms with Crippen LogP contribution in [0.2, 0.25) is 5.02 Å². The maximum Gasteiger partial charge on any atom is 0.260 e. The molecule has 0 bridgehead atoms. The molecule has 0 aliphatic rings. The van der Waals surface area contributed by atoms with E-state index in [2.05, 4.69) is 15.3 Å². The Morgan fingerprint density at radius 1 is 1.50 bits per heavy atom. The molecule has 2 N–H and O–H groups in total. The number of halogens is 2. The lowest BCUT2D eigenvalue weighted by Gasteiger charge is -2.03. The number of benzene rings is 1. The summed E-state index contributed by atoms with van der Waals surface area (Å²) in [6.45, 7) is 0. The Kier molecular flexibility index (Phi) is 2.87. The molecule has 16 heavy (non-hydrogen) atoms. The van der Waals surface area contributed by atoms with Gasteiger partial charge in [-0.3, -0.25) is 10.1 Å². The van der Waals surface area contributed by atoms with E-state index in [1.807, 2.05) is 0 Å². The molecule has 0 aliphatic carbocycles. The zero-order valence-corrected chi connectivity index (χ0v) is 8.75. The number of aromatic nitrogens is 2. The number of anilines is 1. The minimum absolute atomic E-state index is 0.0826. The van der Waals surface area contributed by atoms with Crippen molar-refractivity contribution < 1.29 is 9.18 Å². The first-order valence-corrected chi connectivity index (χ1v) is 4.80. The summed E-state index contributed by atoms with van der Waals surface area (Å²) in [4.78, 5) is 18.1. The molecule has 0 saturated heterocycles. The van der Waals surface area contributed by atoms with Crippen LogP contribution in [0.1, 0.15) is 10.4 Å². The molecule has 6 heteroatoms. The maximum atomic E-state index is 13.4. The third-order valence-corrected chi connectivity index (χ3v) is 2.14. The van der Waals surface area contributed by atoms with E-state index in [9.17, 15) is 9.18 Å². The number of carbonyl (C=O) groups is 1. The summed E-state index contributed by atoms with van der Waals surface area (Å²) in [5.74, 6) is -0.986. The van der Waals surface area contributed by atoms with E-state index in [1.54, 1.807) is 6.20 Å². The van der Waals surface area contributed by atoms with Gasteiger partial charge >= 0.3 is 0 Å². The lowest BCUT2D eigenvalue weighted by Crippen LogP contribution is -2.14. The summed E-state index contributed by atoms with van der Waals surface area (Å²) in [6.07, 6.45) is 3.03. The van der Waals surface area contributed by atoms with Crippen LogP contribution in [-0.2, 0) is 0 Å². The number of nitrogens with one attached hydrogen (secondary N) is 2. The average molecular weight is 240 g/mol. The quantitative estimate of drug-likeness (QED) is 0.846. The first-order valence-electron chi connectivity index (χ1n) is 4.42. The standard InChI is InChI=1S/C10H7ClFN3O/c11-6-1-2-7(8(12)5-6)9(16)15-10-13-3-4-14-10/h1-5H,(H2,13,14,15,16). The minimum Gasteiger partial charge on any atom is -0.331 e. The van der Waals surface area contributed by atoms with Crippen molar-refractivity contribution in [2.75, 3.05) is 5.32 Å². The molecule has 0 unspecified atom stereocenters. The van der Waals surface area contributed by atoms with E-state index in [0.29, 0.717) is 0 Å². The molecule has 0 saturated carbocycles. The van der Waals surface area contributed by atoms with Crippen LogP contribution in [-0.4, -0.2) is 15.9 Å². The number of hydrogen-bond acceptors (Lipinski definition) is 2. The Morgan fingerprint density at radius 3 is 2.94 bits per heavy atom. The fraction of sp³-hybridized carbons (Fsp3) is 0. The first-order chi connectivity index (χ1) is 7.66. The fourth-order valence-corrected chi connectivity index (χ4v) is 1.34. The highest BCUT2D eigenvalue weighted by Crippen LogP contribution is 2.15. The van der Waals surface area contributed by atoms with E-state index in [1.165, 1.54) is 18.3 Å². The van der Waals surface area contributed by atoms with Gasteiger partial charge in [-0.2, -0.15) is 0 Å². The summed E-state index contributed by atoms with van der Waals surface area (Å²) < 4.78 is 13.4. The van der Waals surface area contributed by atoms with E-state index < -0.39 is 11.7 Å². The van der Waals surface area contributed by atoms with Crippen LogP contribution in [0.5, 0.6) is 0 Å². The van der Waals surface area contributed by atoms with Gasteiger partial charge in [-0.05, 0) is 18.2 Å². The van der Waals surface area contributed by atoms with Crippen LogP contribution in [0.3, 0.4) is 0 Å². The number of H-pyrrole nitrogens is 1. The van der Waals surface area contributed by atoms with Gasteiger partial charge in [0.2, 0.25) is 5.95 Å². The maximum absolute atomic E-state index is 13.4. The lowest BCUT2D eigenvalue weighted by atomic mass is 10.2. The molecule has 2 aromatic rings. The van der Waals surface area contributed by atoms with Gasteiger partial charge in [-0.1, -0.05) is 11.6 Å². The predicted octanol–water partition coefficient (Wildman–Crippen LogP) is 2.45. The number of amides is 1. The second-order valence-electron chi connectivity index (χ2n) is 3.02. The van der Waals surface area contributed by atoms with E-state index in [4.69, 9.17) is 11.6 Å². The number of rotatable bonds is 2. The summed E-state index contributed by atoms with van der Waals surface area (Å²) in [6, 6.07) is 3.84. The Morgan fingerprint density at radius 2 is 2.31 bits per heavy atom. The van der Waals surface area contributed by atoms with Crippen molar-refractivity contribution in [3.05, 3.63) is 47.0 Å². The van der Waals surface area contributed by atoms with Gasteiger partial charge in [0.05, 0.1) is 5.56 Å². The molecule has 2 rings (SSSR count). The van der Waals surface area contributed by atoms with Crippen LogP contribution in [0.4, 0.5) is 10.3 Å². The molecule has 0 radical (unpaired) electrons. The fourth-order valence-electron chi connectivity index (χ4n) is 1.18. The molecular weight excluding hydrogens is 233 g/mol. The summed E-state index contributed by atoms with van der Waals surface area (Å²) in [5, 5.41) is 2.65. The third kappa shape index (κ3) is 2.20. The number of imidazole rings is 1. The largest absolute Gasteiger partial charge is 0.331 e. The van der Waals surface area contributed by atoms with Crippen LogP contribution < -0.4 is 5.32 Å². The Bertz CT molecular complexity index is 513. The van der Waals surface area contributed by atoms with E-state index >= 15 is 0 Å². The van der Waals surface area contributed by atoms with Crippen LogP contribution in [0.25, 0.3) is 0 Å². The van der Waals surface area contributed by atoms with Gasteiger partial charge in [0, 0.05) is 17.4 Å². The second-order valence-corrected chi connectivity index (χ2v) is 3.45. The van der Waals surface area contributed by atoms with Gasteiger partial charge in [0.25, 0.3) is 5.91 Å². The molecule has 1 amide bonds. The monoisotopic (exact) mass is 239 g/mol. The number of carbonyl (C=O) groups excluding carboxylic acids is 1. The normalized spacial score (nSPS) is 10.1. The van der Waals surface area contributed by atoms with Gasteiger partial charge in [0.1, 0.15) is 5.82 Å². The van der Waals surface area contributed by atoms with Crippen LogP contribution in [0.15, 0.2) is 30.6 Å². The van der Waals surface area contributed by atoms with Crippen molar-refractivity contribution in [1.82, 2.24) is 9.97 Å². The summed E-state index contributed by atoms with van der Waals surface area (Å²) >= 11 is 5.57. The van der Waals surface area contributed by atoms with Crippen molar-refractivity contribution in [1.29, 1.82) is 0 Å². The zero-order chi connectivity index (χ0) is 11.5. The topological polar surface area (TPSA) is 57.8 Å².